The van der Waals surface area contributed by atoms with Gasteiger partial charge < -0.3 is 10.8 Å². The minimum absolute atomic E-state index is 0.421. The molecule has 2 aromatic rings. The van der Waals surface area contributed by atoms with Crippen molar-refractivity contribution in [3.63, 3.8) is 0 Å². The van der Waals surface area contributed by atoms with Crippen molar-refractivity contribution in [1.82, 2.24) is 20.0 Å². The van der Waals surface area contributed by atoms with E-state index in [4.69, 9.17) is 5.73 Å². The molecule has 1 saturated carbocycles. The topological polar surface area (TPSA) is 92.8 Å². The molecule has 1 atom stereocenters. The normalized spacial score (nSPS) is 18.2. The molecule has 0 spiro atoms. The van der Waals surface area contributed by atoms with Gasteiger partial charge in [-0.05, 0) is 18.9 Å². The molecule has 20 heavy (non-hydrogen) atoms. The number of anilines is 1. The molecule has 0 amide bonds. The number of nitrogens with zero attached hydrogens (tertiary/aromatic N) is 3. The Kier molecular flexibility index (Phi) is 3.73. The predicted octanol–water partition coefficient (Wildman–Crippen LogP) is 1.97. The van der Waals surface area contributed by atoms with Gasteiger partial charge in [-0.3, -0.25) is 9.78 Å². The minimum atomic E-state index is -0.663. The van der Waals surface area contributed by atoms with E-state index in [1.165, 1.54) is 32.1 Å². The Balaban J connectivity index is 1.66. The second kappa shape index (κ2) is 5.66. The van der Waals surface area contributed by atoms with Crippen molar-refractivity contribution in [3.8, 4) is 0 Å². The van der Waals surface area contributed by atoms with Gasteiger partial charge in [0.15, 0.2) is 0 Å². The molecular weight excluding hydrogens is 254 g/mol. The zero-order chi connectivity index (χ0) is 13.9. The number of nitrogen functional groups attached to an aromatic ring is 1. The maximum atomic E-state index is 10.2. The maximum Gasteiger partial charge on any atom is 0.124 e. The Morgan fingerprint density at radius 3 is 2.90 bits per heavy atom. The van der Waals surface area contributed by atoms with Crippen LogP contribution in [0.4, 0.5) is 5.82 Å². The van der Waals surface area contributed by atoms with E-state index in [0.29, 0.717) is 23.8 Å². The smallest absolute Gasteiger partial charge is 0.124 e. The highest BCUT2D eigenvalue weighted by atomic mass is 16.3. The van der Waals surface area contributed by atoms with Crippen LogP contribution in [0, 0.1) is 0 Å². The molecule has 6 nitrogen and oxygen atoms in total. The van der Waals surface area contributed by atoms with E-state index >= 15 is 0 Å². The molecule has 4 N–H and O–H groups in total. The molecule has 0 radical (unpaired) electrons. The summed E-state index contributed by atoms with van der Waals surface area (Å²) < 4.78 is 2.06. The fourth-order valence-electron chi connectivity index (χ4n) is 2.91. The molecule has 3 rings (SSSR count). The molecule has 1 aliphatic rings. The molecule has 1 aliphatic carbocycles. The fourth-order valence-corrected chi connectivity index (χ4v) is 2.91. The molecule has 0 aliphatic heterocycles. The lowest BCUT2D eigenvalue weighted by atomic mass is 9.96. The average Bonchev–Trinajstić information content (AvgIpc) is 3.09. The summed E-state index contributed by atoms with van der Waals surface area (Å²) in [6.07, 6.45) is 9.71. The van der Waals surface area contributed by atoms with E-state index in [9.17, 15) is 5.11 Å². The van der Waals surface area contributed by atoms with Gasteiger partial charge in [0.1, 0.15) is 5.82 Å². The van der Waals surface area contributed by atoms with Crippen LogP contribution in [0.15, 0.2) is 18.5 Å². The maximum absolute atomic E-state index is 10.2. The van der Waals surface area contributed by atoms with Gasteiger partial charge in [-0.15, -0.1) is 0 Å². The zero-order valence-electron chi connectivity index (χ0n) is 11.5. The number of nitrogens with two attached hydrogens (primary N) is 1. The highest BCUT2D eigenvalue weighted by molar-refractivity contribution is 5.38. The number of aromatic nitrogens is 4. The number of aromatic amines is 1. The van der Waals surface area contributed by atoms with Crippen LogP contribution >= 0.6 is 0 Å². The number of H-pyrrole nitrogens is 1. The van der Waals surface area contributed by atoms with Crippen molar-refractivity contribution < 1.29 is 5.11 Å². The molecule has 1 fully saturated rings. The van der Waals surface area contributed by atoms with Gasteiger partial charge in [-0.25, -0.2) is 0 Å². The van der Waals surface area contributed by atoms with Gasteiger partial charge in [0, 0.05) is 18.2 Å². The SMILES string of the molecule is Nc1[nH]ncc1C(O)Cc1ccn(C2CCCCC2)n1. The fraction of sp³-hybridized carbons (Fsp3) is 0.571. The Morgan fingerprint density at radius 1 is 1.40 bits per heavy atom. The van der Waals surface area contributed by atoms with Crippen molar-refractivity contribution in [2.45, 2.75) is 50.7 Å². The first-order chi connectivity index (χ1) is 9.74. The molecule has 108 valence electrons. The molecule has 6 heteroatoms. The standard InChI is InChI=1S/C14H21N5O/c15-14-12(9-16-17-14)13(20)8-10-6-7-19(18-10)11-4-2-1-3-5-11/h6-7,9,11,13,20H,1-5,8H2,(H3,15,16,17). The van der Waals surface area contributed by atoms with Gasteiger partial charge in [0.25, 0.3) is 0 Å². The van der Waals surface area contributed by atoms with Gasteiger partial charge in [-0.2, -0.15) is 10.2 Å². The van der Waals surface area contributed by atoms with Crippen LogP contribution in [-0.4, -0.2) is 25.1 Å². The van der Waals surface area contributed by atoms with E-state index in [0.717, 1.165) is 5.69 Å². The Labute approximate surface area is 118 Å². The zero-order valence-corrected chi connectivity index (χ0v) is 11.5. The first-order valence-corrected chi connectivity index (χ1v) is 7.25. The molecule has 0 saturated heterocycles. The van der Waals surface area contributed by atoms with Crippen LogP contribution in [0.25, 0.3) is 0 Å². The molecule has 0 aromatic carbocycles. The highest BCUT2D eigenvalue weighted by Gasteiger charge is 2.18. The average molecular weight is 275 g/mol. The largest absolute Gasteiger partial charge is 0.388 e. The Hall–Kier alpha value is -1.82. The minimum Gasteiger partial charge on any atom is -0.388 e. The van der Waals surface area contributed by atoms with Crippen molar-refractivity contribution in [2.75, 3.05) is 5.73 Å². The third kappa shape index (κ3) is 2.70. The quantitative estimate of drug-likeness (QED) is 0.795. The number of hydrogen-bond acceptors (Lipinski definition) is 4. The lowest BCUT2D eigenvalue weighted by Gasteiger charge is -2.21. The van der Waals surface area contributed by atoms with E-state index in [1.54, 1.807) is 6.20 Å². The van der Waals surface area contributed by atoms with E-state index < -0.39 is 6.10 Å². The summed E-state index contributed by atoms with van der Waals surface area (Å²) in [5.74, 6) is 0.421. The Bertz CT molecular complexity index is 555. The summed E-state index contributed by atoms with van der Waals surface area (Å²) in [6.45, 7) is 0. The Morgan fingerprint density at radius 2 is 2.20 bits per heavy atom. The van der Waals surface area contributed by atoms with Crippen molar-refractivity contribution in [3.05, 3.63) is 29.7 Å². The van der Waals surface area contributed by atoms with E-state index in [2.05, 4.69) is 20.0 Å². The lowest BCUT2D eigenvalue weighted by molar-refractivity contribution is 0.177. The summed E-state index contributed by atoms with van der Waals surface area (Å²) in [5.41, 5.74) is 7.24. The van der Waals surface area contributed by atoms with Crippen LogP contribution in [0.1, 0.15) is 55.5 Å². The molecule has 2 heterocycles. The summed E-state index contributed by atoms with van der Waals surface area (Å²) in [7, 11) is 0. The monoisotopic (exact) mass is 275 g/mol. The second-order valence-electron chi connectivity index (χ2n) is 5.54. The van der Waals surface area contributed by atoms with Crippen LogP contribution in [-0.2, 0) is 6.42 Å². The third-order valence-corrected chi connectivity index (χ3v) is 4.07. The first kappa shape index (κ1) is 13.2. The summed E-state index contributed by atoms with van der Waals surface area (Å²) in [6, 6.07) is 2.50. The molecule has 2 aromatic heterocycles. The highest BCUT2D eigenvalue weighted by Crippen LogP contribution is 2.28. The summed E-state index contributed by atoms with van der Waals surface area (Å²) in [4.78, 5) is 0. The van der Waals surface area contributed by atoms with Gasteiger partial charge in [0.2, 0.25) is 0 Å². The van der Waals surface area contributed by atoms with Crippen molar-refractivity contribution >= 4 is 5.82 Å². The number of aliphatic hydroxyl groups is 1. The van der Waals surface area contributed by atoms with E-state index in [1.807, 2.05) is 12.3 Å². The number of aliphatic hydroxyl groups excluding tert-OH is 1. The molecule has 0 bridgehead atoms. The van der Waals surface area contributed by atoms with Crippen molar-refractivity contribution in [1.29, 1.82) is 0 Å². The third-order valence-electron chi connectivity index (χ3n) is 4.07. The van der Waals surface area contributed by atoms with Crippen LogP contribution in [0.2, 0.25) is 0 Å². The number of hydrogen-bond donors (Lipinski definition) is 3. The first-order valence-electron chi connectivity index (χ1n) is 7.25. The number of nitrogens with one attached hydrogen (secondary N) is 1. The van der Waals surface area contributed by atoms with Gasteiger partial charge in [0.05, 0.1) is 24.0 Å². The molecular formula is C14H21N5O. The van der Waals surface area contributed by atoms with Crippen LogP contribution in [0.5, 0.6) is 0 Å². The molecule has 1 unspecified atom stereocenters. The van der Waals surface area contributed by atoms with Crippen molar-refractivity contribution in [2.24, 2.45) is 0 Å². The lowest BCUT2D eigenvalue weighted by Crippen LogP contribution is -2.14. The number of rotatable bonds is 4. The summed E-state index contributed by atoms with van der Waals surface area (Å²) >= 11 is 0. The van der Waals surface area contributed by atoms with E-state index in [-0.39, 0.29) is 0 Å². The van der Waals surface area contributed by atoms with Crippen LogP contribution in [0.3, 0.4) is 0 Å². The summed E-state index contributed by atoms with van der Waals surface area (Å²) in [5, 5.41) is 21.2. The van der Waals surface area contributed by atoms with Gasteiger partial charge in [-0.1, -0.05) is 19.3 Å². The second-order valence-corrected chi connectivity index (χ2v) is 5.54. The van der Waals surface area contributed by atoms with Gasteiger partial charge >= 0.3 is 0 Å². The van der Waals surface area contributed by atoms with Crippen LogP contribution < -0.4 is 5.73 Å². The predicted molar refractivity (Wildman–Crippen MR) is 76.0 cm³/mol.